The highest BCUT2D eigenvalue weighted by atomic mass is 79.9. The van der Waals surface area contributed by atoms with Crippen LogP contribution >= 0.6 is 27.3 Å². The lowest BCUT2D eigenvalue weighted by atomic mass is 10.2. The second kappa shape index (κ2) is 6.85. The molecule has 0 bridgehead atoms. The van der Waals surface area contributed by atoms with Gasteiger partial charge in [0, 0.05) is 15.5 Å². The Morgan fingerprint density at radius 3 is 2.90 bits per heavy atom. The number of rotatable bonds is 5. The maximum atomic E-state index is 11.6. The van der Waals surface area contributed by atoms with E-state index in [9.17, 15) is 4.79 Å². The molecule has 1 aromatic carbocycles. The number of thiazole rings is 1. The van der Waals surface area contributed by atoms with Gasteiger partial charge in [0.1, 0.15) is 0 Å². The zero-order valence-electron chi connectivity index (χ0n) is 11.3. The van der Waals surface area contributed by atoms with Crippen molar-refractivity contribution in [3.05, 3.63) is 44.3 Å². The van der Waals surface area contributed by atoms with Crippen molar-refractivity contribution in [3.8, 4) is 0 Å². The van der Waals surface area contributed by atoms with Gasteiger partial charge in [-0.1, -0.05) is 0 Å². The summed E-state index contributed by atoms with van der Waals surface area (Å²) in [6, 6.07) is 5.36. The monoisotopic (exact) mass is 354 g/mol. The second-order valence-electron chi connectivity index (χ2n) is 4.13. The minimum atomic E-state index is -0.310. The smallest absolute Gasteiger partial charge is 0.338 e. The van der Waals surface area contributed by atoms with Gasteiger partial charge in [-0.3, -0.25) is 0 Å². The lowest BCUT2D eigenvalue weighted by molar-refractivity contribution is 0.0526. The van der Waals surface area contributed by atoms with Crippen molar-refractivity contribution in [2.75, 3.05) is 11.9 Å². The van der Waals surface area contributed by atoms with Gasteiger partial charge in [-0.05, 0) is 48.0 Å². The number of nitrogens with zero attached hydrogens (tertiary/aromatic N) is 1. The van der Waals surface area contributed by atoms with E-state index in [0.29, 0.717) is 18.7 Å². The Kier molecular flexibility index (Phi) is 5.14. The lowest BCUT2D eigenvalue weighted by Gasteiger charge is -2.09. The van der Waals surface area contributed by atoms with E-state index in [0.717, 1.165) is 20.9 Å². The molecule has 0 aliphatic heterocycles. The Labute approximate surface area is 130 Å². The van der Waals surface area contributed by atoms with Gasteiger partial charge >= 0.3 is 5.97 Å². The molecule has 0 aliphatic carbocycles. The molecule has 0 aliphatic rings. The highest BCUT2D eigenvalue weighted by Crippen LogP contribution is 2.24. The minimum absolute atomic E-state index is 0.310. The molecule has 0 saturated heterocycles. The molecule has 0 unspecified atom stereocenters. The van der Waals surface area contributed by atoms with Crippen molar-refractivity contribution in [1.82, 2.24) is 4.98 Å². The summed E-state index contributed by atoms with van der Waals surface area (Å²) >= 11 is 5.09. The van der Waals surface area contributed by atoms with E-state index >= 15 is 0 Å². The standard InChI is InChI=1S/C14H15BrN2O2S/c1-3-19-14(18)10-4-5-13(12(15)6-10)16-7-11-8-20-9(2)17-11/h4-6,8,16H,3,7H2,1-2H3. The number of aryl methyl sites for hydroxylation is 1. The zero-order chi connectivity index (χ0) is 14.5. The van der Waals surface area contributed by atoms with Crippen molar-refractivity contribution in [2.45, 2.75) is 20.4 Å². The number of carbonyl (C=O) groups excluding carboxylic acids is 1. The molecule has 0 atom stereocenters. The van der Waals surface area contributed by atoms with E-state index in [-0.39, 0.29) is 5.97 Å². The minimum Gasteiger partial charge on any atom is -0.462 e. The van der Waals surface area contributed by atoms with Gasteiger partial charge in [-0.15, -0.1) is 11.3 Å². The molecule has 0 radical (unpaired) electrons. The van der Waals surface area contributed by atoms with Crippen molar-refractivity contribution in [3.63, 3.8) is 0 Å². The summed E-state index contributed by atoms with van der Waals surface area (Å²) in [4.78, 5) is 16.0. The van der Waals surface area contributed by atoms with Crippen LogP contribution in [0.4, 0.5) is 5.69 Å². The average Bonchev–Trinajstić information content (AvgIpc) is 2.83. The first-order valence-electron chi connectivity index (χ1n) is 6.21. The lowest BCUT2D eigenvalue weighted by Crippen LogP contribution is -2.06. The van der Waals surface area contributed by atoms with Crippen molar-refractivity contribution in [1.29, 1.82) is 0 Å². The number of anilines is 1. The number of benzene rings is 1. The molecule has 106 valence electrons. The summed E-state index contributed by atoms with van der Waals surface area (Å²) in [5.41, 5.74) is 2.46. The number of esters is 1. The predicted octanol–water partition coefficient (Wildman–Crippen LogP) is 4.00. The third-order valence-electron chi connectivity index (χ3n) is 2.61. The van der Waals surface area contributed by atoms with Crippen LogP contribution in [0.5, 0.6) is 0 Å². The van der Waals surface area contributed by atoms with Crippen LogP contribution in [0, 0.1) is 6.92 Å². The van der Waals surface area contributed by atoms with E-state index < -0.39 is 0 Å². The Balaban J connectivity index is 2.04. The van der Waals surface area contributed by atoms with Gasteiger partial charge < -0.3 is 10.1 Å². The van der Waals surface area contributed by atoms with Gasteiger partial charge in [0.2, 0.25) is 0 Å². The highest BCUT2D eigenvalue weighted by Gasteiger charge is 2.09. The summed E-state index contributed by atoms with van der Waals surface area (Å²) in [7, 11) is 0. The molecular formula is C14H15BrN2O2S. The molecule has 1 N–H and O–H groups in total. The summed E-state index contributed by atoms with van der Waals surface area (Å²) in [6.45, 7) is 4.80. The van der Waals surface area contributed by atoms with Crippen molar-refractivity contribution >= 4 is 38.9 Å². The summed E-state index contributed by atoms with van der Waals surface area (Å²) in [6.07, 6.45) is 0. The van der Waals surface area contributed by atoms with Crippen molar-refractivity contribution in [2.24, 2.45) is 0 Å². The van der Waals surface area contributed by atoms with Crippen LogP contribution < -0.4 is 5.32 Å². The Bertz CT molecular complexity index is 613. The van der Waals surface area contributed by atoms with Crippen molar-refractivity contribution < 1.29 is 9.53 Å². The van der Waals surface area contributed by atoms with Gasteiger partial charge in [-0.25, -0.2) is 9.78 Å². The molecule has 6 heteroatoms. The van der Waals surface area contributed by atoms with Crippen LogP contribution in [0.25, 0.3) is 0 Å². The van der Waals surface area contributed by atoms with E-state index in [1.165, 1.54) is 0 Å². The fourth-order valence-electron chi connectivity index (χ4n) is 1.68. The predicted molar refractivity (Wildman–Crippen MR) is 84.3 cm³/mol. The Hall–Kier alpha value is -1.40. The van der Waals surface area contributed by atoms with Crippen LogP contribution in [0.2, 0.25) is 0 Å². The van der Waals surface area contributed by atoms with E-state index in [1.807, 2.05) is 18.4 Å². The largest absolute Gasteiger partial charge is 0.462 e. The normalized spacial score (nSPS) is 10.3. The number of hydrogen-bond acceptors (Lipinski definition) is 5. The fraction of sp³-hybridized carbons (Fsp3) is 0.286. The molecule has 0 amide bonds. The molecule has 1 heterocycles. The zero-order valence-corrected chi connectivity index (χ0v) is 13.7. The Morgan fingerprint density at radius 2 is 2.30 bits per heavy atom. The van der Waals surface area contributed by atoms with Crippen LogP contribution in [0.3, 0.4) is 0 Å². The number of carbonyl (C=O) groups is 1. The number of aromatic nitrogens is 1. The average molecular weight is 355 g/mol. The molecule has 1 aromatic heterocycles. The summed E-state index contributed by atoms with van der Waals surface area (Å²) in [5, 5.41) is 6.37. The summed E-state index contributed by atoms with van der Waals surface area (Å²) < 4.78 is 5.79. The van der Waals surface area contributed by atoms with Crippen LogP contribution in [-0.4, -0.2) is 17.6 Å². The SMILES string of the molecule is CCOC(=O)c1ccc(NCc2csc(C)n2)c(Br)c1. The van der Waals surface area contributed by atoms with Crippen LogP contribution in [0.15, 0.2) is 28.1 Å². The first-order chi connectivity index (χ1) is 9.60. The molecule has 0 spiro atoms. The maximum absolute atomic E-state index is 11.6. The molecule has 0 fully saturated rings. The second-order valence-corrected chi connectivity index (χ2v) is 6.04. The first-order valence-corrected chi connectivity index (χ1v) is 7.89. The fourth-order valence-corrected chi connectivity index (χ4v) is 2.81. The Morgan fingerprint density at radius 1 is 1.50 bits per heavy atom. The van der Waals surface area contributed by atoms with Crippen LogP contribution in [-0.2, 0) is 11.3 Å². The van der Waals surface area contributed by atoms with E-state index in [2.05, 4.69) is 26.2 Å². The topological polar surface area (TPSA) is 51.2 Å². The summed E-state index contributed by atoms with van der Waals surface area (Å²) in [5.74, 6) is -0.310. The number of nitrogens with one attached hydrogen (secondary N) is 1. The van der Waals surface area contributed by atoms with E-state index in [1.54, 1.807) is 30.4 Å². The van der Waals surface area contributed by atoms with Gasteiger partial charge in [0.15, 0.2) is 0 Å². The molecular weight excluding hydrogens is 340 g/mol. The number of halogens is 1. The first kappa shape index (κ1) is 15.0. The molecule has 4 nitrogen and oxygen atoms in total. The number of ether oxygens (including phenoxy) is 1. The van der Waals surface area contributed by atoms with Gasteiger partial charge in [0.25, 0.3) is 0 Å². The quantitative estimate of drug-likeness (QED) is 0.824. The highest BCUT2D eigenvalue weighted by molar-refractivity contribution is 9.10. The maximum Gasteiger partial charge on any atom is 0.338 e. The third kappa shape index (κ3) is 3.80. The third-order valence-corrected chi connectivity index (χ3v) is 4.09. The molecule has 2 aromatic rings. The number of hydrogen-bond donors (Lipinski definition) is 1. The van der Waals surface area contributed by atoms with Gasteiger partial charge in [-0.2, -0.15) is 0 Å². The molecule has 0 saturated carbocycles. The molecule has 20 heavy (non-hydrogen) atoms. The van der Waals surface area contributed by atoms with Crippen LogP contribution in [0.1, 0.15) is 28.0 Å². The van der Waals surface area contributed by atoms with E-state index in [4.69, 9.17) is 4.74 Å². The molecule has 2 rings (SSSR count). The van der Waals surface area contributed by atoms with Gasteiger partial charge in [0.05, 0.1) is 29.4 Å².